The quantitative estimate of drug-likeness (QED) is 0.219. The van der Waals surface area contributed by atoms with E-state index in [0.29, 0.717) is 30.4 Å². The Kier molecular flexibility index (Phi) is 7.47. The molecule has 0 radical (unpaired) electrons. The second-order valence-corrected chi connectivity index (χ2v) is 9.76. The van der Waals surface area contributed by atoms with Gasteiger partial charge in [0.25, 0.3) is 6.36 Å². The molecular formula is C29H29F2N3O3. The Morgan fingerprint density at radius 3 is 2.76 bits per heavy atom. The van der Waals surface area contributed by atoms with Gasteiger partial charge in [0.2, 0.25) is 0 Å². The minimum Gasteiger partial charge on any atom is -0.496 e. The van der Waals surface area contributed by atoms with Crippen molar-refractivity contribution in [3.05, 3.63) is 66.2 Å². The fourth-order valence-corrected chi connectivity index (χ4v) is 4.32. The summed E-state index contributed by atoms with van der Waals surface area (Å²) in [5.41, 5.74) is 4.67. The van der Waals surface area contributed by atoms with Gasteiger partial charge in [-0.15, -0.1) is 5.73 Å². The lowest BCUT2D eigenvalue weighted by Gasteiger charge is -2.17. The number of benzene rings is 1. The molecule has 3 atom stereocenters. The molecule has 0 spiro atoms. The number of fused-ring (bicyclic) bond motifs is 1. The fraction of sp³-hybridized carbons (Fsp3) is 0.379. The van der Waals surface area contributed by atoms with E-state index < -0.39 is 17.9 Å². The highest BCUT2D eigenvalue weighted by atomic mass is 19.1. The number of methoxy groups -OCH3 is 1. The third-order valence-corrected chi connectivity index (χ3v) is 6.70. The highest BCUT2D eigenvalue weighted by Crippen LogP contribution is 2.40. The van der Waals surface area contributed by atoms with Gasteiger partial charge in [-0.25, -0.2) is 8.91 Å². The van der Waals surface area contributed by atoms with Crippen LogP contribution in [0.5, 0.6) is 11.5 Å². The lowest BCUT2D eigenvalue weighted by Crippen LogP contribution is -2.14. The molecule has 1 saturated carbocycles. The maximum Gasteiger partial charge on any atom is 0.264 e. The van der Waals surface area contributed by atoms with Gasteiger partial charge in [0.05, 0.1) is 30.3 Å². The van der Waals surface area contributed by atoms with Gasteiger partial charge in [0, 0.05) is 24.3 Å². The first-order valence-electron chi connectivity index (χ1n) is 12.1. The highest BCUT2D eigenvalue weighted by Gasteiger charge is 2.36. The van der Waals surface area contributed by atoms with E-state index in [-0.39, 0.29) is 35.2 Å². The lowest BCUT2D eigenvalue weighted by molar-refractivity contribution is 0.0940. The van der Waals surface area contributed by atoms with Gasteiger partial charge in [0.15, 0.2) is 5.78 Å². The van der Waals surface area contributed by atoms with Crippen LogP contribution in [-0.4, -0.2) is 35.0 Å². The number of nitrogens with zero attached hydrogens (tertiary/aromatic N) is 3. The predicted octanol–water partition coefficient (Wildman–Crippen LogP) is 6.54. The number of halogens is 2. The average molecular weight is 506 g/mol. The second-order valence-electron chi connectivity index (χ2n) is 9.76. The summed E-state index contributed by atoms with van der Waals surface area (Å²) in [4.78, 5) is 13.2. The number of ether oxygens (including phenoxy) is 2. The summed E-state index contributed by atoms with van der Waals surface area (Å²) in [7, 11) is 1.43. The van der Waals surface area contributed by atoms with Crippen LogP contribution in [0.1, 0.15) is 55.5 Å². The summed E-state index contributed by atoms with van der Waals surface area (Å²) in [6.45, 7) is 7.03. The van der Waals surface area contributed by atoms with Gasteiger partial charge in [-0.3, -0.25) is 4.79 Å². The molecule has 1 fully saturated rings. The van der Waals surface area contributed by atoms with E-state index >= 15 is 0 Å². The van der Waals surface area contributed by atoms with Crippen molar-refractivity contribution in [2.75, 3.05) is 7.11 Å². The molecule has 0 aliphatic heterocycles. The zero-order valence-electron chi connectivity index (χ0n) is 21.1. The van der Waals surface area contributed by atoms with Gasteiger partial charge >= 0.3 is 0 Å². The van der Waals surface area contributed by atoms with Crippen molar-refractivity contribution in [3.63, 3.8) is 0 Å². The Balaban J connectivity index is 1.74. The zero-order valence-corrected chi connectivity index (χ0v) is 21.1. The van der Waals surface area contributed by atoms with Gasteiger partial charge < -0.3 is 9.47 Å². The largest absolute Gasteiger partial charge is 0.496 e. The monoisotopic (exact) mass is 505 g/mol. The molecular weight excluding hydrogens is 476 g/mol. The maximum atomic E-state index is 14.5. The summed E-state index contributed by atoms with van der Waals surface area (Å²) < 4.78 is 40.4. The molecule has 0 amide bonds. The first-order chi connectivity index (χ1) is 17.7. The predicted molar refractivity (Wildman–Crippen MR) is 136 cm³/mol. The molecule has 1 unspecified atom stereocenters. The lowest BCUT2D eigenvalue weighted by atomic mass is 9.87. The van der Waals surface area contributed by atoms with Crippen LogP contribution in [-0.2, 0) is 5.41 Å². The SMILES string of the molecule is C=C=CC(F)Oc1cc(-c2cnn3cc(C(C)(C)C#N)ccc23)cc(OC)c1C(=O)CCC[C@H]1C[C@H]1F. The summed E-state index contributed by atoms with van der Waals surface area (Å²) in [5.74, 6) is 0.0153. The molecule has 1 aliphatic rings. The van der Waals surface area contributed by atoms with E-state index in [1.165, 1.54) is 7.11 Å². The standard InChI is InChI=1S/C29H29F2N3O3/c1-5-7-27(31)37-26-14-19(13-25(36-4)28(26)24(35)9-6-8-18-12-22(18)30)21-15-33-34-16-20(10-11-23(21)34)29(2,3)17-32/h7,10-11,13-16,18,22,27H,1,6,8-9,12H2,2-4H3/t18-,22+,27?/m0/s1. The molecule has 4 rings (SSSR count). The van der Waals surface area contributed by atoms with E-state index in [4.69, 9.17) is 9.47 Å². The summed E-state index contributed by atoms with van der Waals surface area (Å²) >= 11 is 0. The van der Waals surface area contributed by atoms with E-state index in [1.807, 2.05) is 26.0 Å². The number of carbonyl (C=O) groups excluding carboxylic acids is 1. The molecule has 3 aromatic rings. The van der Waals surface area contributed by atoms with Crippen LogP contribution in [0.25, 0.3) is 16.6 Å². The van der Waals surface area contributed by atoms with E-state index in [2.05, 4.69) is 23.5 Å². The van der Waals surface area contributed by atoms with Crippen LogP contribution >= 0.6 is 0 Å². The Labute approximate surface area is 214 Å². The summed E-state index contributed by atoms with van der Waals surface area (Å²) in [5, 5.41) is 13.9. The minimum absolute atomic E-state index is 0.0229. The number of carbonyl (C=O) groups is 1. The van der Waals surface area contributed by atoms with Crippen molar-refractivity contribution in [2.24, 2.45) is 5.92 Å². The number of nitriles is 1. The van der Waals surface area contributed by atoms with Crippen molar-refractivity contribution in [1.29, 1.82) is 5.26 Å². The second kappa shape index (κ2) is 10.6. The maximum absolute atomic E-state index is 14.5. The molecule has 2 aromatic heterocycles. The Morgan fingerprint density at radius 1 is 1.38 bits per heavy atom. The van der Waals surface area contributed by atoms with E-state index in [0.717, 1.165) is 17.2 Å². The van der Waals surface area contributed by atoms with Crippen LogP contribution in [0.3, 0.4) is 0 Å². The van der Waals surface area contributed by atoms with E-state index in [1.54, 1.807) is 29.0 Å². The van der Waals surface area contributed by atoms with Gasteiger partial charge in [-0.2, -0.15) is 14.8 Å². The number of aromatic nitrogens is 2. The highest BCUT2D eigenvalue weighted by molar-refractivity contribution is 6.02. The van der Waals surface area contributed by atoms with Crippen LogP contribution in [0.4, 0.5) is 8.78 Å². The molecule has 0 saturated heterocycles. The Morgan fingerprint density at radius 2 is 2.11 bits per heavy atom. The van der Waals surface area contributed by atoms with Crippen LogP contribution in [0.2, 0.25) is 0 Å². The van der Waals surface area contributed by atoms with Gasteiger partial charge in [-0.1, -0.05) is 12.6 Å². The van der Waals surface area contributed by atoms with Gasteiger partial charge in [-0.05, 0) is 68.4 Å². The van der Waals surface area contributed by atoms with E-state index in [9.17, 15) is 18.8 Å². The summed E-state index contributed by atoms with van der Waals surface area (Å²) in [6, 6.07) is 9.29. The number of hydrogen-bond acceptors (Lipinski definition) is 5. The first-order valence-corrected chi connectivity index (χ1v) is 12.1. The molecule has 1 aliphatic carbocycles. The van der Waals surface area contributed by atoms with Crippen molar-refractivity contribution >= 4 is 11.3 Å². The molecule has 37 heavy (non-hydrogen) atoms. The number of pyridine rings is 1. The minimum atomic E-state index is -1.87. The molecule has 0 N–H and O–H groups in total. The molecule has 192 valence electrons. The normalized spacial score (nSPS) is 17.5. The van der Waals surface area contributed by atoms with Crippen molar-refractivity contribution in [2.45, 2.75) is 57.5 Å². The topological polar surface area (TPSA) is 76.6 Å². The van der Waals surface area contributed by atoms with Crippen molar-refractivity contribution in [3.8, 4) is 28.7 Å². The number of hydrogen-bond donors (Lipinski definition) is 0. The van der Waals surface area contributed by atoms with Crippen LogP contribution in [0, 0.1) is 17.2 Å². The summed E-state index contributed by atoms with van der Waals surface area (Å²) in [6.07, 6.45) is 3.68. The molecule has 6 nitrogen and oxygen atoms in total. The molecule has 8 heteroatoms. The Bertz CT molecular complexity index is 1420. The average Bonchev–Trinajstić information content (AvgIpc) is 3.41. The smallest absolute Gasteiger partial charge is 0.264 e. The Hall–Kier alpha value is -3.95. The number of rotatable bonds is 11. The number of ketones is 1. The molecule has 0 bridgehead atoms. The number of alkyl halides is 2. The third-order valence-electron chi connectivity index (χ3n) is 6.70. The van der Waals surface area contributed by atoms with Crippen LogP contribution in [0.15, 0.2) is 55.0 Å². The van der Waals surface area contributed by atoms with Crippen molar-refractivity contribution < 1.29 is 23.0 Å². The molecule has 1 aromatic carbocycles. The first kappa shape index (κ1) is 26.1. The van der Waals surface area contributed by atoms with Crippen molar-refractivity contribution in [1.82, 2.24) is 9.61 Å². The van der Waals surface area contributed by atoms with Gasteiger partial charge in [0.1, 0.15) is 23.2 Å². The van der Waals surface area contributed by atoms with Crippen LogP contribution < -0.4 is 9.47 Å². The fourth-order valence-electron chi connectivity index (χ4n) is 4.32. The number of Topliss-reactive ketones (excluding diaryl/α,β-unsaturated/α-hetero) is 1. The third kappa shape index (κ3) is 5.58. The zero-order chi connectivity index (χ0) is 26.7. The molecule has 2 heterocycles.